The van der Waals surface area contributed by atoms with Crippen LogP contribution < -0.4 is 0 Å². The Morgan fingerprint density at radius 3 is 2.93 bits per heavy atom. The van der Waals surface area contributed by atoms with Crippen LogP contribution in [0.4, 0.5) is 4.39 Å². The van der Waals surface area contributed by atoms with Crippen molar-refractivity contribution in [3.8, 4) is 0 Å². The van der Waals surface area contributed by atoms with Gasteiger partial charge in [0.15, 0.2) is 0 Å². The molecular formula is C11H12ClFOS. The fourth-order valence-electron chi connectivity index (χ4n) is 1.92. The maximum absolute atomic E-state index is 13.1. The first-order valence-electron chi connectivity index (χ1n) is 4.83. The van der Waals surface area contributed by atoms with Crippen LogP contribution in [0.3, 0.4) is 0 Å². The van der Waals surface area contributed by atoms with Crippen molar-refractivity contribution in [3.05, 3.63) is 34.6 Å². The molecule has 2 unspecified atom stereocenters. The van der Waals surface area contributed by atoms with Crippen LogP contribution in [-0.4, -0.2) is 16.1 Å². The second kappa shape index (κ2) is 3.96. The highest BCUT2D eigenvalue weighted by molar-refractivity contribution is 8.00. The van der Waals surface area contributed by atoms with Crippen molar-refractivity contribution in [2.75, 3.05) is 5.75 Å². The third kappa shape index (κ3) is 1.88. The molecule has 1 N–H and O–H groups in total. The van der Waals surface area contributed by atoms with Gasteiger partial charge in [-0.2, -0.15) is 11.8 Å². The van der Waals surface area contributed by atoms with E-state index in [4.69, 9.17) is 11.6 Å². The molecule has 0 amide bonds. The van der Waals surface area contributed by atoms with Crippen LogP contribution in [0.2, 0.25) is 5.02 Å². The Hall–Kier alpha value is -0.250. The molecule has 1 aliphatic heterocycles. The van der Waals surface area contributed by atoms with Gasteiger partial charge in [0.1, 0.15) is 11.4 Å². The summed E-state index contributed by atoms with van der Waals surface area (Å²) < 4.78 is 13.1. The Kier molecular flexibility index (Phi) is 2.97. The molecule has 1 nitrogen and oxygen atoms in total. The molecule has 2 atom stereocenters. The fraction of sp³-hybridized carbons (Fsp3) is 0.455. The summed E-state index contributed by atoms with van der Waals surface area (Å²) in [6.45, 7) is 1.94. The molecule has 1 aromatic rings. The lowest BCUT2D eigenvalue weighted by atomic mass is 9.88. The molecule has 1 heterocycles. The van der Waals surface area contributed by atoms with E-state index in [1.807, 2.05) is 6.92 Å². The molecule has 4 heteroatoms. The van der Waals surface area contributed by atoms with Crippen molar-refractivity contribution < 1.29 is 9.50 Å². The summed E-state index contributed by atoms with van der Waals surface area (Å²) in [5.41, 5.74) is -0.467. The number of rotatable bonds is 1. The van der Waals surface area contributed by atoms with E-state index >= 15 is 0 Å². The number of benzene rings is 1. The molecule has 0 saturated carbocycles. The van der Waals surface area contributed by atoms with E-state index in [0.717, 1.165) is 5.75 Å². The Morgan fingerprint density at radius 2 is 2.33 bits per heavy atom. The molecule has 2 rings (SSSR count). The van der Waals surface area contributed by atoms with Gasteiger partial charge in [0, 0.05) is 15.8 Å². The molecule has 1 aliphatic rings. The van der Waals surface area contributed by atoms with Crippen molar-refractivity contribution in [1.29, 1.82) is 0 Å². The van der Waals surface area contributed by atoms with Crippen LogP contribution >= 0.6 is 23.4 Å². The van der Waals surface area contributed by atoms with Crippen LogP contribution in [0, 0.1) is 5.82 Å². The average molecular weight is 247 g/mol. The van der Waals surface area contributed by atoms with E-state index in [0.29, 0.717) is 17.0 Å². The highest BCUT2D eigenvalue weighted by atomic mass is 35.5. The highest BCUT2D eigenvalue weighted by Gasteiger charge is 2.41. The van der Waals surface area contributed by atoms with Crippen LogP contribution in [0.5, 0.6) is 0 Å². The largest absolute Gasteiger partial charge is 0.384 e. The summed E-state index contributed by atoms with van der Waals surface area (Å²) in [7, 11) is 0. The summed E-state index contributed by atoms with van der Waals surface area (Å²) >= 11 is 7.68. The van der Waals surface area contributed by atoms with Crippen molar-refractivity contribution in [1.82, 2.24) is 0 Å². The minimum atomic E-state index is -0.982. The summed E-state index contributed by atoms with van der Waals surface area (Å²) in [6.07, 6.45) is 0.627. The zero-order chi connectivity index (χ0) is 11.1. The lowest BCUT2D eigenvalue weighted by Crippen LogP contribution is -2.31. The van der Waals surface area contributed by atoms with E-state index in [1.54, 1.807) is 11.8 Å². The molecule has 1 aromatic carbocycles. The fourth-order valence-corrected chi connectivity index (χ4v) is 3.50. The Balaban J connectivity index is 2.48. The lowest BCUT2D eigenvalue weighted by molar-refractivity contribution is 0.0425. The molecule has 1 fully saturated rings. The zero-order valence-corrected chi connectivity index (χ0v) is 9.91. The number of aliphatic hydroxyl groups is 1. The quantitative estimate of drug-likeness (QED) is 0.821. The van der Waals surface area contributed by atoms with Gasteiger partial charge in [0.2, 0.25) is 0 Å². The second-order valence-corrected chi connectivity index (χ2v) is 5.67. The Bertz CT molecular complexity index is 385. The third-order valence-electron chi connectivity index (χ3n) is 2.92. The first-order valence-corrected chi connectivity index (χ1v) is 6.26. The second-order valence-electron chi connectivity index (χ2n) is 3.81. The van der Waals surface area contributed by atoms with Gasteiger partial charge in [-0.1, -0.05) is 18.5 Å². The topological polar surface area (TPSA) is 20.2 Å². The number of thioether (sulfide) groups is 1. The molecular weight excluding hydrogens is 235 g/mol. The van der Waals surface area contributed by atoms with E-state index in [-0.39, 0.29) is 11.1 Å². The van der Waals surface area contributed by atoms with Gasteiger partial charge >= 0.3 is 0 Å². The molecule has 1 saturated heterocycles. The van der Waals surface area contributed by atoms with Crippen LogP contribution in [0.25, 0.3) is 0 Å². The first kappa shape index (κ1) is 11.2. The zero-order valence-electron chi connectivity index (χ0n) is 8.34. The van der Waals surface area contributed by atoms with Gasteiger partial charge in [-0.3, -0.25) is 0 Å². The predicted octanol–water partition coefficient (Wildman–Crippen LogP) is 3.19. The van der Waals surface area contributed by atoms with Gasteiger partial charge in [0.25, 0.3) is 0 Å². The summed E-state index contributed by atoms with van der Waals surface area (Å²) in [6, 6.07) is 4.15. The normalized spacial score (nSPS) is 30.8. The average Bonchev–Trinajstić information content (AvgIpc) is 2.52. The summed E-state index contributed by atoms with van der Waals surface area (Å²) in [5.74, 6) is 0.525. The maximum Gasteiger partial charge on any atom is 0.123 e. The summed E-state index contributed by atoms with van der Waals surface area (Å²) in [4.78, 5) is 0. The number of hydrogen-bond acceptors (Lipinski definition) is 2. The minimum absolute atomic E-state index is 0.0526. The minimum Gasteiger partial charge on any atom is -0.384 e. The molecule has 0 aliphatic carbocycles. The van der Waals surface area contributed by atoms with Crippen LogP contribution in [0.15, 0.2) is 18.2 Å². The van der Waals surface area contributed by atoms with E-state index in [2.05, 4.69) is 0 Å². The maximum atomic E-state index is 13.1. The van der Waals surface area contributed by atoms with Gasteiger partial charge in [-0.25, -0.2) is 4.39 Å². The van der Waals surface area contributed by atoms with Crippen molar-refractivity contribution in [2.45, 2.75) is 24.2 Å². The van der Waals surface area contributed by atoms with Gasteiger partial charge in [-0.05, 0) is 30.4 Å². The molecule has 15 heavy (non-hydrogen) atoms. The van der Waals surface area contributed by atoms with E-state index in [9.17, 15) is 9.50 Å². The highest BCUT2D eigenvalue weighted by Crippen LogP contribution is 2.45. The van der Waals surface area contributed by atoms with Crippen molar-refractivity contribution in [2.24, 2.45) is 0 Å². The van der Waals surface area contributed by atoms with Gasteiger partial charge in [0.05, 0.1) is 0 Å². The number of halogens is 2. The van der Waals surface area contributed by atoms with Crippen LogP contribution in [-0.2, 0) is 5.60 Å². The third-order valence-corrected chi connectivity index (χ3v) is 4.58. The molecule has 0 bridgehead atoms. The first-order chi connectivity index (χ1) is 7.04. The smallest absolute Gasteiger partial charge is 0.123 e. The standard InChI is InChI=1S/C11H12ClFOS/c1-7-11(14,4-5-15-7)9-6-8(13)2-3-10(9)12/h2-3,6-7,14H,4-5H2,1H3. The SMILES string of the molecule is CC1SCCC1(O)c1cc(F)ccc1Cl. The Morgan fingerprint density at radius 1 is 1.60 bits per heavy atom. The van der Waals surface area contributed by atoms with E-state index < -0.39 is 5.60 Å². The monoisotopic (exact) mass is 246 g/mol. The van der Waals surface area contributed by atoms with Crippen LogP contribution in [0.1, 0.15) is 18.9 Å². The lowest BCUT2D eigenvalue weighted by Gasteiger charge is -2.28. The van der Waals surface area contributed by atoms with Gasteiger partial charge in [-0.15, -0.1) is 0 Å². The van der Waals surface area contributed by atoms with Crippen molar-refractivity contribution in [3.63, 3.8) is 0 Å². The van der Waals surface area contributed by atoms with E-state index in [1.165, 1.54) is 18.2 Å². The predicted molar refractivity (Wildman–Crippen MR) is 61.8 cm³/mol. The van der Waals surface area contributed by atoms with Crippen molar-refractivity contribution >= 4 is 23.4 Å². The molecule has 0 spiro atoms. The summed E-state index contributed by atoms with van der Waals surface area (Å²) in [5, 5.41) is 11.0. The number of hydrogen-bond donors (Lipinski definition) is 1. The molecule has 0 radical (unpaired) electrons. The Labute approximate surface area is 97.6 Å². The molecule has 0 aromatic heterocycles. The molecule has 82 valence electrons. The van der Waals surface area contributed by atoms with Gasteiger partial charge < -0.3 is 5.11 Å².